The molecule has 0 saturated heterocycles. The van der Waals surface area contributed by atoms with Crippen molar-refractivity contribution in [3.05, 3.63) is 29.7 Å². The average Bonchev–Trinajstić information content (AvgIpc) is 3.05. The second-order valence-corrected chi connectivity index (χ2v) is 10.3. The van der Waals surface area contributed by atoms with Gasteiger partial charge in [-0.3, -0.25) is 5.10 Å². The summed E-state index contributed by atoms with van der Waals surface area (Å²) in [5.74, 6) is 0.876. The van der Waals surface area contributed by atoms with Crippen molar-refractivity contribution in [2.45, 2.75) is 29.2 Å². The van der Waals surface area contributed by atoms with Crippen LogP contribution >= 0.6 is 22.7 Å². The quantitative estimate of drug-likeness (QED) is 0.463. The van der Waals surface area contributed by atoms with Gasteiger partial charge in [-0.1, -0.05) is 11.3 Å². The zero-order chi connectivity index (χ0) is 17.4. The first kappa shape index (κ1) is 15.2. The molecule has 26 heavy (non-hydrogen) atoms. The number of aryl methyl sites for hydroxylation is 1. The van der Waals surface area contributed by atoms with Crippen molar-refractivity contribution < 1.29 is 4.55 Å². The molecule has 1 atom stereocenters. The van der Waals surface area contributed by atoms with E-state index in [4.69, 9.17) is 4.98 Å². The molecule has 0 aliphatic heterocycles. The van der Waals surface area contributed by atoms with Crippen molar-refractivity contribution in [1.82, 2.24) is 24.6 Å². The highest BCUT2D eigenvalue weighted by atomic mass is 32.2. The number of H-pyrrole nitrogens is 1. The van der Waals surface area contributed by atoms with Crippen LogP contribution in [0, 0.1) is 6.92 Å². The zero-order valence-corrected chi connectivity index (χ0v) is 16.2. The Morgan fingerprint density at radius 1 is 1.35 bits per heavy atom. The Bertz CT molecular complexity index is 1280. The number of hydrogen-bond acceptors (Lipinski definition) is 6. The number of pyridine rings is 1. The summed E-state index contributed by atoms with van der Waals surface area (Å²) in [5.41, 5.74) is 2.78. The van der Waals surface area contributed by atoms with E-state index in [-0.39, 0.29) is 5.25 Å². The molecule has 6 rings (SSSR count). The van der Waals surface area contributed by atoms with E-state index >= 15 is 0 Å². The minimum atomic E-state index is -0.988. The van der Waals surface area contributed by atoms with Gasteiger partial charge in [0.25, 0.3) is 0 Å². The second kappa shape index (κ2) is 5.29. The molecule has 1 aliphatic rings. The molecule has 0 amide bonds. The number of thiazole rings is 1. The lowest BCUT2D eigenvalue weighted by atomic mass is 10.1. The van der Waals surface area contributed by atoms with E-state index in [1.165, 1.54) is 11.3 Å². The maximum Gasteiger partial charge on any atom is 0.234 e. The lowest BCUT2D eigenvalue weighted by Gasteiger charge is -2.08. The largest absolute Gasteiger partial charge is 0.611 e. The van der Waals surface area contributed by atoms with Gasteiger partial charge in [0.05, 0.1) is 17.1 Å². The van der Waals surface area contributed by atoms with Gasteiger partial charge in [-0.2, -0.15) is 0 Å². The first-order valence-corrected chi connectivity index (χ1v) is 11.2. The van der Waals surface area contributed by atoms with E-state index in [1.807, 2.05) is 23.0 Å². The van der Waals surface area contributed by atoms with Crippen LogP contribution in [-0.4, -0.2) is 34.4 Å². The smallest absolute Gasteiger partial charge is 0.234 e. The Morgan fingerprint density at radius 3 is 3.00 bits per heavy atom. The molecular formula is C17H13N5OS3. The fraction of sp³-hybridized carbons (Fsp3) is 0.235. The molecule has 1 unspecified atom stereocenters. The van der Waals surface area contributed by atoms with Gasteiger partial charge in [-0.25, -0.2) is 19.5 Å². The number of aromatic nitrogens is 5. The molecule has 1 N–H and O–H groups in total. The van der Waals surface area contributed by atoms with Crippen LogP contribution in [0.2, 0.25) is 0 Å². The molecule has 1 fully saturated rings. The molecule has 5 aromatic rings. The summed E-state index contributed by atoms with van der Waals surface area (Å²) < 4.78 is 15.8. The Hall–Kier alpha value is -1.94. The van der Waals surface area contributed by atoms with Crippen molar-refractivity contribution in [2.24, 2.45) is 0 Å². The van der Waals surface area contributed by atoms with Crippen LogP contribution in [-0.2, 0) is 11.2 Å². The minimum Gasteiger partial charge on any atom is -0.611 e. The third-order valence-corrected chi connectivity index (χ3v) is 8.79. The number of nitrogens with one attached hydrogen (secondary N) is 1. The maximum atomic E-state index is 13.0. The van der Waals surface area contributed by atoms with Gasteiger partial charge in [-0.05, 0) is 13.0 Å². The number of nitrogens with zero attached hydrogens (tertiary/aromatic N) is 4. The van der Waals surface area contributed by atoms with Crippen molar-refractivity contribution in [3.63, 3.8) is 0 Å². The molecule has 0 spiro atoms. The van der Waals surface area contributed by atoms with Gasteiger partial charge in [-0.15, -0.1) is 11.3 Å². The molecule has 0 radical (unpaired) electrons. The maximum absolute atomic E-state index is 13.0. The third kappa shape index (κ3) is 2.05. The summed E-state index contributed by atoms with van der Waals surface area (Å²) in [7, 11) is 0. The van der Waals surface area contributed by atoms with Crippen LogP contribution in [0.3, 0.4) is 0 Å². The predicted octanol–water partition coefficient (Wildman–Crippen LogP) is 4.13. The lowest BCUT2D eigenvalue weighted by Crippen LogP contribution is -2.06. The van der Waals surface area contributed by atoms with Crippen LogP contribution in [0.5, 0.6) is 0 Å². The van der Waals surface area contributed by atoms with E-state index in [0.29, 0.717) is 0 Å². The predicted molar refractivity (Wildman–Crippen MR) is 106 cm³/mol. The van der Waals surface area contributed by atoms with Crippen LogP contribution in [0.4, 0.5) is 0 Å². The minimum absolute atomic E-state index is 0.285. The summed E-state index contributed by atoms with van der Waals surface area (Å²) in [5, 5.41) is 8.69. The molecule has 1 saturated carbocycles. The van der Waals surface area contributed by atoms with Crippen LogP contribution in [0.15, 0.2) is 28.0 Å². The molecule has 130 valence electrons. The van der Waals surface area contributed by atoms with Crippen molar-refractivity contribution >= 4 is 60.5 Å². The highest BCUT2D eigenvalue weighted by Crippen LogP contribution is 2.44. The van der Waals surface area contributed by atoms with Gasteiger partial charge < -0.3 is 4.55 Å². The van der Waals surface area contributed by atoms with Crippen molar-refractivity contribution in [1.29, 1.82) is 0 Å². The topological polar surface area (TPSA) is 81.9 Å². The van der Waals surface area contributed by atoms with Gasteiger partial charge >= 0.3 is 0 Å². The summed E-state index contributed by atoms with van der Waals surface area (Å²) >= 11 is 2.13. The number of thiophene rings is 1. The SMILES string of the molecule is Cc1ncc2c3cc(-c4nccs4)nc4sc([S+]([O-])C5CC5)c([nH]n12)c43. The highest BCUT2D eigenvalue weighted by Gasteiger charge is 2.39. The number of rotatable bonds is 3. The van der Waals surface area contributed by atoms with Crippen LogP contribution in [0.1, 0.15) is 18.7 Å². The molecule has 5 heterocycles. The molecule has 6 nitrogen and oxygen atoms in total. The summed E-state index contributed by atoms with van der Waals surface area (Å²) in [6.07, 6.45) is 5.75. The Labute approximate surface area is 159 Å². The number of imidazole rings is 1. The lowest BCUT2D eigenvalue weighted by molar-refractivity contribution is 0.596. The van der Waals surface area contributed by atoms with E-state index < -0.39 is 11.2 Å². The summed E-state index contributed by atoms with van der Waals surface area (Å²) in [6, 6.07) is 2.08. The number of aromatic amines is 1. The highest BCUT2D eigenvalue weighted by molar-refractivity contribution is 7.94. The number of fused-ring (bicyclic) bond motifs is 2. The fourth-order valence-corrected chi connectivity index (χ4v) is 6.97. The monoisotopic (exact) mass is 399 g/mol. The van der Waals surface area contributed by atoms with E-state index in [0.717, 1.165) is 60.2 Å². The second-order valence-electron chi connectivity index (χ2n) is 6.47. The molecule has 0 aromatic carbocycles. The molecule has 1 aliphatic carbocycles. The van der Waals surface area contributed by atoms with E-state index in [1.54, 1.807) is 17.5 Å². The third-order valence-electron chi connectivity index (χ3n) is 4.73. The van der Waals surface area contributed by atoms with Gasteiger partial charge in [0.2, 0.25) is 4.21 Å². The first-order valence-electron chi connectivity index (χ1n) is 8.30. The van der Waals surface area contributed by atoms with Crippen molar-refractivity contribution in [3.8, 4) is 10.7 Å². The Kier molecular flexibility index (Phi) is 3.08. The van der Waals surface area contributed by atoms with Crippen molar-refractivity contribution in [2.75, 3.05) is 0 Å². The first-order chi connectivity index (χ1) is 12.7. The Morgan fingerprint density at radius 2 is 2.23 bits per heavy atom. The normalized spacial score (nSPS) is 16.2. The fourth-order valence-electron chi connectivity index (χ4n) is 3.30. The van der Waals surface area contributed by atoms with E-state index in [9.17, 15) is 4.55 Å². The Balaban J connectivity index is 1.77. The zero-order valence-electron chi connectivity index (χ0n) is 13.7. The van der Waals surface area contributed by atoms with Crippen LogP contribution in [0.25, 0.3) is 37.3 Å². The summed E-state index contributed by atoms with van der Waals surface area (Å²) in [6.45, 7) is 1.96. The summed E-state index contributed by atoms with van der Waals surface area (Å²) in [4.78, 5) is 14.6. The standard InChI is InChI=1S/C17H13N5OS3/c1-8-19-7-12-10-6-11(15-18-4-5-24-15)20-16-13(10)14(21-22(8)12)17(25-16)26(23)9-2-3-9/h4-7,9,21H,2-3H2,1H3. The van der Waals surface area contributed by atoms with Gasteiger partial charge in [0.15, 0.2) is 0 Å². The molecule has 9 heteroatoms. The van der Waals surface area contributed by atoms with Gasteiger partial charge in [0, 0.05) is 41.0 Å². The number of hydrogen-bond donors (Lipinski definition) is 1. The molecular weight excluding hydrogens is 386 g/mol. The van der Waals surface area contributed by atoms with Gasteiger partial charge in [0.1, 0.15) is 32.1 Å². The molecule has 0 bridgehead atoms. The van der Waals surface area contributed by atoms with E-state index in [2.05, 4.69) is 21.1 Å². The average molecular weight is 400 g/mol. The molecule has 5 aromatic heterocycles. The van der Waals surface area contributed by atoms with Crippen LogP contribution < -0.4 is 0 Å².